The molecule has 5 heteroatoms. The quantitative estimate of drug-likeness (QED) is 0.679. The van der Waals surface area contributed by atoms with Gasteiger partial charge < -0.3 is 15.2 Å². The summed E-state index contributed by atoms with van der Waals surface area (Å²) in [6.07, 6.45) is 0.577. The van der Waals surface area contributed by atoms with E-state index in [1.165, 1.54) is 12.1 Å². The maximum Gasteiger partial charge on any atom is 0.338 e. The van der Waals surface area contributed by atoms with Crippen LogP contribution in [0, 0.1) is 5.82 Å². The highest BCUT2D eigenvalue weighted by molar-refractivity contribution is 5.89. The van der Waals surface area contributed by atoms with Crippen LogP contribution in [0.4, 0.5) is 10.1 Å². The van der Waals surface area contributed by atoms with E-state index in [9.17, 15) is 9.18 Å². The van der Waals surface area contributed by atoms with Crippen LogP contribution in [0.25, 0.3) is 0 Å². The molecule has 0 amide bonds. The first-order valence-electron chi connectivity index (χ1n) is 6.45. The van der Waals surface area contributed by atoms with Crippen molar-refractivity contribution in [3.05, 3.63) is 59.4 Å². The normalized spacial score (nSPS) is 10.2. The second-order valence-corrected chi connectivity index (χ2v) is 4.47. The fourth-order valence-electron chi connectivity index (χ4n) is 1.79. The van der Waals surface area contributed by atoms with Crippen LogP contribution in [0.5, 0.6) is 5.75 Å². The van der Waals surface area contributed by atoms with E-state index >= 15 is 0 Å². The first-order chi connectivity index (χ1) is 10.1. The summed E-state index contributed by atoms with van der Waals surface area (Å²) in [5.74, 6) is -0.421. The predicted octanol–water partition coefficient (Wildman–Crippen LogP) is 2.82. The van der Waals surface area contributed by atoms with E-state index in [2.05, 4.69) is 0 Å². The molecule has 2 N–H and O–H groups in total. The van der Waals surface area contributed by atoms with Crippen LogP contribution in [0.15, 0.2) is 42.5 Å². The Morgan fingerprint density at radius 3 is 2.52 bits per heavy atom. The Labute approximate surface area is 122 Å². The number of benzene rings is 2. The lowest BCUT2D eigenvalue weighted by Gasteiger charge is -2.06. The summed E-state index contributed by atoms with van der Waals surface area (Å²) in [6.45, 7) is 0.219. The molecule has 0 unspecified atom stereocenters. The van der Waals surface area contributed by atoms with E-state index in [-0.39, 0.29) is 17.9 Å². The van der Waals surface area contributed by atoms with Gasteiger partial charge in [-0.1, -0.05) is 12.1 Å². The van der Waals surface area contributed by atoms with Gasteiger partial charge in [0.15, 0.2) is 0 Å². The van der Waals surface area contributed by atoms with Crippen molar-refractivity contribution in [3.63, 3.8) is 0 Å². The minimum atomic E-state index is -0.625. The van der Waals surface area contributed by atoms with Crippen molar-refractivity contribution in [1.29, 1.82) is 0 Å². The van der Waals surface area contributed by atoms with Crippen molar-refractivity contribution in [1.82, 2.24) is 0 Å². The summed E-state index contributed by atoms with van der Waals surface area (Å²) in [4.78, 5) is 11.7. The van der Waals surface area contributed by atoms with Crippen molar-refractivity contribution in [2.45, 2.75) is 6.42 Å². The number of esters is 1. The van der Waals surface area contributed by atoms with E-state index < -0.39 is 11.8 Å². The van der Waals surface area contributed by atoms with E-state index in [0.717, 1.165) is 17.4 Å². The van der Waals surface area contributed by atoms with Crippen LogP contribution >= 0.6 is 0 Å². The van der Waals surface area contributed by atoms with Gasteiger partial charge in [0.1, 0.15) is 11.6 Å². The van der Waals surface area contributed by atoms with Crippen LogP contribution < -0.4 is 10.5 Å². The summed E-state index contributed by atoms with van der Waals surface area (Å²) in [5.41, 5.74) is 6.53. The average Bonchev–Trinajstić information content (AvgIpc) is 2.50. The zero-order valence-corrected chi connectivity index (χ0v) is 11.6. The molecule has 0 aliphatic rings. The first kappa shape index (κ1) is 14.8. The monoisotopic (exact) mass is 289 g/mol. The Morgan fingerprint density at radius 2 is 1.90 bits per heavy atom. The number of nitrogens with two attached hydrogens (primary N) is 1. The number of carbonyl (C=O) groups is 1. The highest BCUT2D eigenvalue weighted by atomic mass is 19.1. The molecule has 0 saturated carbocycles. The summed E-state index contributed by atoms with van der Waals surface area (Å²) in [5, 5.41) is 0. The molecule has 4 nitrogen and oxygen atoms in total. The minimum Gasteiger partial charge on any atom is -0.497 e. The molecule has 0 saturated heterocycles. The fourth-order valence-corrected chi connectivity index (χ4v) is 1.79. The third-order valence-electron chi connectivity index (χ3n) is 3.02. The Hall–Kier alpha value is -2.56. The number of hydrogen-bond acceptors (Lipinski definition) is 4. The molecule has 0 aromatic heterocycles. The summed E-state index contributed by atoms with van der Waals surface area (Å²) >= 11 is 0. The number of halogens is 1. The lowest BCUT2D eigenvalue weighted by molar-refractivity contribution is 0.0509. The largest absolute Gasteiger partial charge is 0.497 e. The Kier molecular flexibility index (Phi) is 4.77. The van der Waals surface area contributed by atoms with Crippen LogP contribution in [-0.4, -0.2) is 19.7 Å². The van der Waals surface area contributed by atoms with Gasteiger partial charge in [-0.3, -0.25) is 0 Å². The summed E-state index contributed by atoms with van der Waals surface area (Å²) in [7, 11) is 1.60. The van der Waals surface area contributed by atoms with Crippen LogP contribution in [0.1, 0.15) is 15.9 Å². The van der Waals surface area contributed by atoms with Crippen LogP contribution in [0.2, 0.25) is 0 Å². The van der Waals surface area contributed by atoms with Gasteiger partial charge >= 0.3 is 5.97 Å². The third-order valence-corrected chi connectivity index (χ3v) is 3.02. The Morgan fingerprint density at radius 1 is 1.19 bits per heavy atom. The molecule has 21 heavy (non-hydrogen) atoms. The number of rotatable bonds is 5. The summed E-state index contributed by atoms with van der Waals surface area (Å²) < 4.78 is 23.4. The number of ether oxygens (including phenoxy) is 2. The van der Waals surface area contributed by atoms with E-state index in [1.807, 2.05) is 24.3 Å². The van der Waals surface area contributed by atoms with Crippen molar-refractivity contribution in [2.24, 2.45) is 0 Å². The maximum atomic E-state index is 13.3. The van der Waals surface area contributed by atoms with Crippen molar-refractivity contribution in [3.8, 4) is 5.75 Å². The van der Waals surface area contributed by atoms with Gasteiger partial charge in [0, 0.05) is 6.42 Å². The Bertz CT molecular complexity index is 626. The van der Waals surface area contributed by atoms with Gasteiger partial charge in [0.05, 0.1) is 25.0 Å². The van der Waals surface area contributed by atoms with Gasteiger partial charge in [-0.2, -0.15) is 0 Å². The highest BCUT2D eigenvalue weighted by Gasteiger charge is 2.09. The Balaban J connectivity index is 1.87. The molecular weight excluding hydrogens is 273 g/mol. The van der Waals surface area contributed by atoms with Crippen molar-refractivity contribution < 1.29 is 18.7 Å². The SMILES string of the molecule is COc1ccc(CCOC(=O)c2ccc(N)c(F)c2)cc1. The second-order valence-electron chi connectivity index (χ2n) is 4.47. The van der Waals surface area contributed by atoms with Crippen LogP contribution in [0.3, 0.4) is 0 Å². The predicted molar refractivity (Wildman–Crippen MR) is 77.8 cm³/mol. The number of hydrogen-bond donors (Lipinski definition) is 1. The fraction of sp³-hybridized carbons (Fsp3) is 0.188. The molecule has 0 fully saturated rings. The molecular formula is C16H16FNO3. The van der Waals surface area contributed by atoms with Crippen LogP contribution in [-0.2, 0) is 11.2 Å². The molecule has 0 aliphatic heterocycles. The molecule has 2 rings (SSSR count). The van der Waals surface area contributed by atoms with E-state index in [1.54, 1.807) is 7.11 Å². The van der Waals surface area contributed by atoms with Gasteiger partial charge in [0.2, 0.25) is 0 Å². The van der Waals surface area contributed by atoms with E-state index in [0.29, 0.717) is 6.42 Å². The molecule has 2 aromatic carbocycles. The lowest BCUT2D eigenvalue weighted by atomic mass is 10.1. The number of anilines is 1. The molecule has 2 aromatic rings. The first-order valence-corrected chi connectivity index (χ1v) is 6.45. The van der Waals surface area contributed by atoms with Gasteiger partial charge in [0.25, 0.3) is 0 Å². The highest BCUT2D eigenvalue weighted by Crippen LogP contribution is 2.14. The summed E-state index contributed by atoms with van der Waals surface area (Å²) in [6, 6.07) is 11.3. The van der Waals surface area contributed by atoms with Gasteiger partial charge in [-0.05, 0) is 35.9 Å². The molecule has 0 heterocycles. The molecule has 110 valence electrons. The molecule has 0 radical (unpaired) electrons. The van der Waals surface area contributed by atoms with Gasteiger partial charge in [-0.15, -0.1) is 0 Å². The zero-order chi connectivity index (χ0) is 15.2. The van der Waals surface area contributed by atoms with Crippen molar-refractivity contribution in [2.75, 3.05) is 19.5 Å². The zero-order valence-electron chi connectivity index (χ0n) is 11.6. The van der Waals surface area contributed by atoms with Gasteiger partial charge in [-0.25, -0.2) is 9.18 Å². The smallest absolute Gasteiger partial charge is 0.338 e. The molecule has 0 bridgehead atoms. The van der Waals surface area contributed by atoms with Crippen molar-refractivity contribution >= 4 is 11.7 Å². The molecule has 0 aliphatic carbocycles. The number of methoxy groups -OCH3 is 1. The minimum absolute atomic E-state index is 0.00443. The standard InChI is InChI=1S/C16H16FNO3/c1-20-13-5-2-11(3-6-13)8-9-21-16(19)12-4-7-15(18)14(17)10-12/h2-7,10H,8-9,18H2,1H3. The molecule has 0 atom stereocenters. The van der Waals surface area contributed by atoms with E-state index in [4.69, 9.17) is 15.2 Å². The lowest BCUT2D eigenvalue weighted by Crippen LogP contribution is -2.09. The average molecular weight is 289 g/mol. The number of nitrogen functional groups attached to an aromatic ring is 1. The third kappa shape index (κ3) is 3.95. The molecule has 0 spiro atoms. The second kappa shape index (κ2) is 6.74. The number of carbonyl (C=O) groups excluding carboxylic acids is 1. The maximum absolute atomic E-state index is 13.3. The topological polar surface area (TPSA) is 61.5 Å².